The highest BCUT2D eigenvalue weighted by molar-refractivity contribution is 7.68. The maximum Gasteiger partial charge on any atom is 0.515 e. The Morgan fingerprint density at radius 3 is 2.22 bits per heavy atom. The van der Waals surface area contributed by atoms with Gasteiger partial charge in [-0.25, -0.2) is 0 Å². The van der Waals surface area contributed by atoms with E-state index in [1.54, 1.807) is 6.92 Å². The summed E-state index contributed by atoms with van der Waals surface area (Å²) >= 11 is 0. The zero-order valence-electron chi connectivity index (χ0n) is 13.9. The number of nitrogens with one attached hydrogen (secondary N) is 3. The molecule has 136 valence electrons. The fourth-order valence-electron chi connectivity index (χ4n) is 2.55. The zero-order valence-corrected chi connectivity index (χ0v) is 15.7. The minimum Gasteiger partial charge on any atom is -0.340 e. The molecular weight excluding hydrogens is 338 g/mol. The van der Waals surface area contributed by atoms with E-state index in [1.165, 1.54) is 0 Å². The summed E-state index contributed by atoms with van der Waals surface area (Å²) in [4.78, 5) is 21.0. The molecule has 0 radical (unpaired) electrons. The van der Waals surface area contributed by atoms with Crippen molar-refractivity contribution in [2.75, 3.05) is 58.3 Å². The van der Waals surface area contributed by atoms with Crippen LogP contribution < -0.4 is 16.0 Å². The SMILES string of the molecule is CC(N1CCCNCCNCCCNCC1)P(=O)(O)C[P+](=O)O. The summed E-state index contributed by atoms with van der Waals surface area (Å²) in [5, 5.41) is 10.1. The van der Waals surface area contributed by atoms with Gasteiger partial charge in [-0.15, -0.1) is 0 Å². The molecule has 5 N–H and O–H groups in total. The van der Waals surface area contributed by atoms with Crippen LogP contribution in [0.4, 0.5) is 0 Å². The first kappa shape index (κ1) is 21.1. The highest BCUT2D eigenvalue weighted by atomic mass is 31.2. The van der Waals surface area contributed by atoms with E-state index in [0.717, 1.165) is 52.1 Å². The van der Waals surface area contributed by atoms with Crippen LogP contribution in [0.15, 0.2) is 0 Å². The van der Waals surface area contributed by atoms with Gasteiger partial charge in [0.05, 0.1) is 5.78 Å². The van der Waals surface area contributed by atoms with E-state index in [9.17, 15) is 14.0 Å². The van der Waals surface area contributed by atoms with Crippen LogP contribution in [0.5, 0.6) is 0 Å². The summed E-state index contributed by atoms with van der Waals surface area (Å²) in [6.45, 7) is 8.34. The van der Waals surface area contributed by atoms with E-state index in [-0.39, 0.29) is 0 Å². The van der Waals surface area contributed by atoms with Gasteiger partial charge in [0.2, 0.25) is 0 Å². The quantitative estimate of drug-likeness (QED) is 0.446. The second-order valence-electron chi connectivity index (χ2n) is 5.87. The second kappa shape index (κ2) is 11.6. The topological polar surface area (TPSA) is 114 Å². The summed E-state index contributed by atoms with van der Waals surface area (Å²) in [7, 11) is -6.27. The van der Waals surface area contributed by atoms with E-state index < -0.39 is 27.1 Å². The molecule has 0 aromatic carbocycles. The molecule has 0 bridgehead atoms. The summed E-state index contributed by atoms with van der Waals surface area (Å²) in [5.41, 5.74) is 0. The van der Waals surface area contributed by atoms with Gasteiger partial charge in [0.15, 0.2) is 0 Å². The van der Waals surface area contributed by atoms with Gasteiger partial charge in [0.25, 0.3) is 13.3 Å². The molecule has 0 aromatic rings. The molecule has 3 atom stereocenters. The van der Waals surface area contributed by atoms with Crippen molar-refractivity contribution >= 4 is 15.4 Å². The van der Waals surface area contributed by atoms with Crippen molar-refractivity contribution in [2.24, 2.45) is 0 Å². The third-order valence-corrected chi connectivity index (χ3v) is 8.08. The average molecular weight is 369 g/mol. The molecule has 23 heavy (non-hydrogen) atoms. The molecule has 1 saturated heterocycles. The standard InChI is InChI=1S/C13H30N4O4P2/c1-13(23(20,21)12-22(18)19)17-10-3-6-15-8-7-14-4-2-5-16-9-11-17/h13-16H,2-12H2,1H3,(H-,18,19,20,21)/p+1. The predicted octanol–water partition coefficient (Wildman–Crippen LogP) is 0.160. The lowest BCUT2D eigenvalue weighted by Gasteiger charge is -2.30. The predicted molar refractivity (Wildman–Crippen MR) is 93.4 cm³/mol. The van der Waals surface area contributed by atoms with Crippen molar-refractivity contribution in [3.05, 3.63) is 0 Å². The van der Waals surface area contributed by atoms with Crippen molar-refractivity contribution in [2.45, 2.75) is 25.5 Å². The first-order valence-electron chi connectivity index (χ1n) is 8.25. The maximum atomic E-state index is 12.3. The molecule has 8 nitrogen and oxygen atoms in total. The van der Waals surface area contributed by atoms with Crippen molar-refractivity contribution in [3.8, 4) is 0 Å². The number of hydrogen-bond acceptors (Lipinski definition) is 6. The maximum absolute atomic E-state index is 12.3. The van der Waals surface area contributed by atoms with E-state index >= 15 is 0 Å². The van der Waals surface area contributed by atoms with Gasteiger partial charge in [-0.2, -0.15) is 4.89 Å². The summed E-state index contributed by atoms with van der Waals surface area (Å²) in [5.74, 6) is -1.14. The third-order valence-electron chi connectivity index (χ3n) is 4.00. The zero-order chi connectivity index (χ0) is 17.1. The van der Waals surface area contributed by atoms with Crippen LogP contribution in [0.2, 0.25) is 0 Å². The van der Waals surface area contributed by atoms with Crippen LogP contribution in [0.3, 0.4) is 0 Å². The minimum absolute atomic E-state index is 0.530. The van der Waals surface area contributed by atoms with Crippen molar-refractivity contribution in [3.63, 3.8) is 0 Å². The first-order chi connectivity index (χ1) is 10.9. The lowest BCUT2D eigenvalue weighted by atomic mass is 10.3. The molecule has 0 aromatic heterocycles. The normalized spacial score (nSPS) is 25.1. The highest BCUT2D eigenvalue weighted by Crippen LogP contribution is 2.52. The van der Waals surface area contributed by atoms with Gasteiger partial charge in [-0.05, 0) is 44.0 Å². The lowest BCUT2D eigenvalue weighted by Crippen LogP contribution is -2.41. The Kier molecular flexibility index (Phi) is 10.7. The molecular formula is C13H31N4O4P2+. The van der Waals surface area contributed by atoms with Gasteiger partial charge in [0, 0.05) is 32.7 Å². The van der Waals surface area contributed by atoms with Crippen molar-refractivity contribution in [1.82, 2.24) is 20.9 Å². The van der Waals surface area contributed by atoms with E-state index in [1.807, 2.05) is 4.90 Å². The molecule has 0 aliphatic carbocycles. The van der Waals surface area contributed by atoms with Crippen LogP contribution in [0, 0.1) is 0 Å². The van der Waals surface area contributed by atoms with Gasteiger partial charge in [-0.3, -0.25) is 9.46 Å². The largest absolute Gasteiger partial charge is 0.515 e. The summed E-state index contributed by atoms with van der Waals surface area (Å²) in [6, 6.07) is 0. The Labute approximate surface area is 139 Å². The Balaban J connectivity index is 2.58. The molecule has 1 aliphatic rings. The average Bonchev–Trinajstić information content (AvgIpc) is 2.47. The molecule has 1 aliphatic heterocycles. The van der Waals surface area contributed by atoms with Crippen molar-refractivity contribution in [1.29, 1.82) is 0 Å². The third kappa shape index (κ3) is 9.22. The fourth-order valence-corrected chi connectivity index (χ4v) is 5.63. The van der Waals surface area contributed by atoms with Crippen LogP contribution >= 0.6 is 15.4 Å². The molecule has 0 amide bonds. The molecule has 0 saturated carbocycles. The molecule has 1 rings (SSSR count). The number of nitrogens with zero attached hydrogens (tertiary/aromatic N) is 1. The monoisotopic (exact) mass is 369 g/mol. The van der Waals surface area contributed by atoms with E-state index in [4.69, 9.17) is 4.89 Å². The first-order valence-corrected chi connectivity index (χ1v) is 11.6. The second-order valence-corrected chi connectivity index (χ2v) is 9.97. The molecule has 3 unspecified atom stereocenters. The Morgan fingerprint density at radius 2 is 1.61 bits per heavy atom. The molecule has 10 heteroatoms. The van der Waals surface area contributed by atoms with Crippen LogP contribution in [-0.4, -0.2) is 78.7 Å². The van der Waals surface area contributed by atoms with Gasteiger partial charge in [0.1, 0.15) is 0 Å². The van der Waals surface area contributed by atoms with E-state index in [2.05, 4.69) is 16.0 Å². The molecule has 1 fully saturated rings. The van der Waals surface area contributed by atoms with Crippen LogP contribution in [-0.2, 0) is 9.13 Å². The summed E-state index contributed by atoms with van der Waals surface area (Å²) < 4.78 is 23.3. The summed E-state index contributed by atoms with van der Waals surface area (Å²) in [6.07, 6.45) is 1.91. The molecule has 1 heterocycles. The fraction of sp³-hybridized carbons (Fsp3) is 1.00. The minimum atomic E-state index is -3.67. The lowest BCUT2D eigenvalue weighted by molar-refractivity contribution is 0.241. The number of hydrogen-bond donors (Lipinski definition) is 5. The smallest absolute Gasteiger partial charge is 0.340 e. The van der Waals surface area contributed by atoms with Crippen LogP contribution in [0.25, 0.3) is 0 Å². The Morgan fingerprint density at radius 1 is 1.04 bits per heavy atom. The van der Waals surface area contributed by atoms with Gasteiger partial charge >= 0.3 is 8.03 Å². The Bertz CT molecular complexity index is 386. The van der Waals surface area contributed by atoms with Crippen LogP contribution in [0.1, 0.15) is 19.8 Å². The molecule has 0 spiro atoms. The van der Waals surface area contributed by atoms with Crippen molar-refractivity contribution < 1.29 is 18.9 Å². The van der Waals surface area contributed by atoms with E-state index in [0.29, 0.717) is 13.1 Å². The highest BCUT2D eigenvalue weighted by Gasteiger charge is 2.39. The number of rotatable bonds is 4. The Hall–Kier alpha value is 0.0900. The van der Waals surface area contributed by atoms with Gasteiger partial charge in [-0.1, -0.05) is 0 Å². The van der Waals surface area contributed by atoms with Gasteiger partial charge < -0.3 is 20.8 Å².